The monoisotopic (exact) mass is 944 g/mol. The van der Waals surface area contributed by atoms with Crippen molar-refractivity contribution >= 4 is 110 Å². The molecular weight excluding hydrogens is 893 g/mol. The molecule has 0 spiro atoms. The maximum Gasteiger partial charge on any atom is 0.0547 e. The van der Waals surface area contributed by atoms with Crippen molar-refractivity contribution < 1.29 is 0 Å². The fraction of sp³-hybridized carbons (Fsp3) is 0.0556. The van der Waals surface area contributed by atoms with Gasteiger partial charge in [-0.2, -0.15) is 0 Å². The van der Waals surface area contributed by atoms with Crippen LogP contribution in [0.15, 0.2) is 243 Å². The molecule has 2 heteroatoms. The van der Waals surface area contributed by atoms with Crippen molar-refractivity contribution in [1.29, 1.82) is 0 Å². The van der Waals surface area contributed by atoms with Gasteiger partial charge in [0.05, 0.1) is 22.7 Å². The minimum absolute atomic E-state index is 1.13. The van der Waals surface area contributed by atoms with Gasteiger partial charge in [0.2, 0.25) is 0 Å². The number of hydrogen-bond donors (Lipinski definition) is 0. The molecular formula is C72H52N2. The molecule has 0 aliphatic carbocycles. The van der Waals surface area contributed by atoms with Crippen LogP contribution in [0.25, 0.3) is 97.7 Å². The van der Waals surface area contributed by atoms with E-state index in [0.717, 1.165) is 34.1 Å². The molecule has 74 heavy (non-hydrogen) atoms. The van der Waals surface area contributed by atoms with E-state index in [1.54, 1.807) is 0 Å². The van der Waals surface area contributed by atoms with Gasteiger partial charge in [-0.1, -0.05) is 217 Å². The standard InChI is InChI=1S/C72H52N2/c1-45-33-39-65(47(3)41-45)73(67-31-15-23-51-19-7-11-27-55(51)67)69-43-63(57-29-13-21-49-17-5-9-25-53(49)57)59-36-38-62-70(74(66-40-34-46(2)42-48(66)4)68-32-16-24-52-20-8-12-28-56(52)68)44-64(60-35-37-61(69)71(59)72(60)62)58-30-14-22-50-18-6-10-26-54(50)58/h5-44H,1-4H3. The van der Waals surface area contributed by atoms with Gasteiger partial charge in [-0.05, 0) is 141 Å². The number of rotatable bonds is 8. The van der Waals surface area contributed by atoms with Gasteiger partial charge in [0, 0.05) is 43.7 Å². The zero-order valence-electron chi connectivity index (χ0n) is 42.0. The summed E-state index contributed by atoms with van der Waals surface area (Å²) in [5, 5.41) is 17.0. The van der Waals surface area contributed by atoms with Crippen molar-refractivity contribution in [3.8, 4) is 22.3 Å². The minimum Gasteiger partial charge on any atom is -0.309 e. The van der Waals surface area contributed by atoms with Crippen LogP contribution >= 0.6 is 0 Å². The van der Waals surface area contributed by atoms with Crippen LogP contribution in [0, 0.1) is 27.7 Å². The van der Waals surface area contributed by atoms with Gasteiger partial charge in [-0.15, -0.1) is 0 Å². The zero-order valence-corrected chi connectivity index (χ0v) is 42.0. The molecule has 14 aromatic carbocycles. The first-order valence-corrected chi connectivity index (χ1v) is 25.8. The first-order valence-electron chi connectivity index (χ1n) is 25.8. The van der Waals surface area contributed by atoms with Crippen LogP contribution in [-0.4, -0.2) is 0 Å². The number of benzene rings is 14. The lowest BCUT2D eigenvalue weighted by atomic mass is 9.83. The summed E-state index contributed by atoms with van der Waals surface area (Å²) in [5.74, 6) is 0. The van der Waals surface area contributed by atoms with Crippen LogP contribution in [0.3, 0.4) is 0 Å². The van der Waals surface area contributed by atoms with Gasteiger partial charge in [0.1, 0.15) is 0 Å². The first-order chi connectivity index (χ1) is 36.4. The molecule has 0 saturated carbocycles. The van der Waals surface area contributed by atoms with E-state index in [1.165, 1.54) is 120 Å². The highest BCUT2D eigenvalue weighted by molar-refractivity contribution is 6.33. The Bertz CT molecular complexity index is 4250. The molecule has 0 aromatic heterocycles. The van der Waals surface area contributed by atoms with Crippen LogP contribution in [0.2, 0.25) is 0 Å². The Balaban J connectivity index is 1.20. The molecule has 14 aromatic rings. The molecule has 2 nitrogen and oxygen atoms in total. The van der Waals surface area contributed by atoms with E-state index in [4.69, 9.17) is 0 Å². The molecule has 0 fully saturated rings. The smallest absolute Gasteiger partial charge is 0.0547 e. The van der Waals surface area contributed by atoms with Crippen LogP contribution < -0.4 is 9.80 Å². The summed E-state index contributed by atoms with van der Waals surface area (Å²) in [6.45, 7) is 8.91. The number of fused-ring (bicyclic) bond motifs is 4. The molecule has 0 heterocycles. The Morgan fingerprint density at radius 2 is 0.554 bits per heavy atom. The molecule has 350 valence electrons. The third-order valence-corrected chi connectivity index (χ3v) is 15.7. The van der Waals surface area contributed by atoms with E-state index in [2.05, 4.69) is 280 Å². The fourth-order valence-corrected chi connectivity index (χ4v) is 12.4. The fourth-order valence-electron chi connectivity index (χ4n) is 12.4. The molecule has 0 aliphatic rings. The Morgan fingerprint density at radius 1 is 0.216 bits per heavy atom. The van der Waals surface area contributed by atoms with Gasteiger partial charge in [-0.3, -0.25) is 0 Å². The summed E-state index contributed by atoms with van der Waals surface area (Å²) in [6, 6.07) is 91.0. The molecule has 0 amide bonds. The predicted octanol–water partition coefficient (Wildman–Crippen LogP) is 20.7. The van der Waals surface area contributed by atoms with E-state index < -0.39 is 0 Å². The van der Waals surface area contributed by atoms with Crippen molar-refractivity contribution in [2.24, 2.45) is 0 Å². The number of anilines is 6. The van der Waals surface area contributed by atoms with Gasteiger partial charge >= 0.3 is 0 Å². The predicted molar refractivity (Wildman–Crippen MR) is 319 cm³/mol. The van der Waals surface area contributed by atoms with E-state index in [1.807, 2.05) is 0 Å². The van der Waals surface area contributed by atoms with Crippen molar-refractivity contribution in [1.82, 2.24) is 0 Å². The van der Waals surface area contributed by atoms with Gasteiger partial charge in [-0.25, -0.2) is 0 Å². The Kier molecular flexibility index (Phi) is 10.1. The van der Waals surface area contributed by atoms with E-state index in [-0.39, 0.29) is 0 Å². The third-order valence-electron chi connectivity index (χ3n) is 15.7. The molecule has 0 aliphatic heterocycles. The van der Waals surface area contributed by atoms with E-state index in [0.29, 0.717) is 0 Å². The van der Waals surface area contributed by atoms with Gasteiger partial charge < -0.3 is 9.80 Å². The largest absolute Gasteiger partial charge is 0.309 e. The highest BCUT2D eigenvalue weighted by atomic mass is 15.2. The highest BCUT2D eigenvalue weighted by Gasteiger charge is 2.28. The zero-order chi connectivity index (χ0) is 49.6. The lowest BCUT2D eigenvalue weighted by molar-refractivity contribution is 1.26. The average Bonchev–Trinajstić information content (AvgIpc) is 3.51. The van der Waals surface area contributed by atoms with Crippen molar-refractivity contribution in [3.05, 3.63) is 265 Å². The van der Waals surface area contributed by atoms with Gasteiger partial charge in [0.15, 0.2) is 0 Å². The molecule has 0 atom stereocenters. The molecule has 0 saturated heterocycles. The summed E-state index contributed by atoms with van der Waals surface area (Å²) in [6.07, 6.45) is 0. The topological polar surface area (TPSA) is 6.48 Å². The second-order valence-corrected chi connectivity index (χ2v) is 20.3. The minimum atomic E-state index is 1.13. The average molecular weight is 945 g/mol. The summed E-state index contributed by atoms with van der Waals surface area (Å²) in [4.78, 5) is 5.12. The number of hydrogen-bond acceptors (Lipinski definition) is 2. The lowest BCUT2D eigenvalue weighted by Crippen LogP contribution is -2.14. The number of aryl methyl sites for hydroxylation is 4. The maximum atomic E-state index is 2.56. The molecule has 0 unspecified atom stereocenters. The quantitative estimate of drug-likeness (QED) is 0.140. The number of nitrogens with zero attached hydrogens (tertiary/aromatic N) is 2. The lowest BCUT2D eigenvalue weighted by Gasteiger charge is -2.33. The maximum absolute atomic E-state index is 2.56. The Labute approximate surface area is 432 Å². The van der Waals surface area contributed by atoms with Gasteiger partial charge in [0.25, 0.3) is 0 Å². The summed E-state index contributed by atoms with van der Waals surface area (Å²) < 4.78 is 0. The summed E-state index contributed by atoms with van der Waals surface area (Å²) >= 11 is 0. The molecule has 0 bridgehead atoms. The van der Waals surface area contributed by atoms with Crippen LogP contribution in [0.5, 0.6) is 0 Å². The third kappa shape index (κ3) is 6.86. The van der Waals surface area contributed by atoms with E-state index in [9.17, 15) is 0 Å². The van der Waals surface area contributed by atoms with Crippen molar-refractivity contribution in [2.45, 2.75) is 27.7 Å². The summed E-state index contributed by atoms with van der Waals surface area (Å²) in [7, 11) is 0. The summed E-state index contributed by atoms with van der Waals surface area (Å²) in [5.41, 5.74) is 16.6. The second-order valence-electron chi connectivity index (χ2n) is 20.3. The molecule has 0 radical (unpaired) electrons. The van der Waals surface area contributed by atoms with Crippen LogP contribution in [-0.2, 0) is 0 Å². The normalized spacial score (nSPS) is 11.8. The van der Waals surface area contributed by atoms with Crippen molar-refractivity contribution in [3.63, 3.8) is 0 Å². The second kappa shape index (κ2) is 17.2. The first kappa shape index (κ1) is 43.5. The SMILES string of the molecule is Cc1ccc(N(c2cccc3ccccc23)c2cc(-c3cccc4ccccc34)c3ccc4c(N(c5ccc(C)cc5C)c5cccc6ccccc56)cc(-c5cccc6ccccc56)c5ccc2c3c54)c(C)c1. The molecule has 14 rings (SSSR count). The highest BCUT2D eigenvalue weighted by Crippen LogP contribution is 2.54. The van der Waals surface area contributed by atoms with Crippen molar-refractivity contribution in [2.75, 3.05) is 9.80 Å². The Hall–Kier alpha value is -9.24. The molecule has 0 N–H and O–H groups in total. The van der Waals surface area contributed by atoms with Crippen LogP contribution in [0.4, 0.5) is 34.1 Å². The van der Waals surface area contributed by atoms with E-state index >= 15 is 0 Å². The van der Waals surface area contributed by atoms with Crippen LogP contribution in [0.1, 0.15) is 22.3 Å². The Morgan fingerprint density at radius 3 is 0.959 bits per heavy atom.